The molecule has 0 saturated carbocycles. The van der Waals surface area contributed by atoms with E-state index in [1.165, 1.54) is 49.7 Å². The Kier molecular flexibility index (Phi) is 6.46. The third-order valence-electron chi connectivity index (χ3n) is 3.08. The summed E-state index contributed by atoms with van der Waals surface area (Å²) in [6.45, 7) is 5.85. The lowest BCUT2D eigenvalue weighted by atomic mass is 10.0. The second-order valence-electron chi connectivity index (χ2n) is 4.91. The maximum atomic E-state index is 5.53. The van der Waals surface area contributed by atoms with E-state index in [0.717, 1.165) is 12.1 Å². The van der Waals surface area contributed by atoms with Crippen molar-refractivity contribution in [1.82, 2.24) is 0 Å². The molecule has 0 aliphatic heterocycles. The van der Waals surface area contributed by atoms with E-state index in [9.17, 15) is 0 Å². The van der Waals surface area contributed by atoms with E-state index >= 15 is 0 Å². The van der Waals surface area contributed by atoms with Gasteiger partial charge < -0.3 is 5.73 Å². The molecule has 0 fully saturated rings. The van der Waals surface area contributed by atoms with Crippen molar-refractivity contribution in [3.63, 3.8) is 0 Å². The first-order chi connectivity index (χ1) is 8.18. The van der Waals surface area contributed by atoms with Gasteiger partial charge in [0.05, 0.1) is 0 Å². The summed E-state index contributed by atoms with van der Waals surface area (Å²) >= 11 is 0. The van der Waals surface area contributed by atoms with Gasteiger partial charge >= 0.3 is 0 Å². The number of hydrogen-bond acceptors (Lipinski definition) is 1. The van der Waals surface area contributed by atoms with Crippen LogP contribution in [0.4, 0.5) is 0 Å². The number of nitrogens with two attached hydrogens (primary N) is 1. The fourth-order valence-electron chi connectivity index (χ4n) is 1.97. The first kappa shape index (κ1) is 13.8. The van der Waals surface area contributed by atoms with Crippen molar-refractivity contribution in [2.75, 3.05) is 0 Å². The highest BCUT2D eigenvalue weighted by Crippen LogP contribution is 2.11. The molecule has 0 saturated heterocycles. The summed E-state index contributed by atoms with van der Waals surface area (Å²) in [7, 11) is 0. The number of rotatable bonds is 8. The molecule has 0 heterocycles. The van der Waals surface area contributed by atoms with Crippen LogP contribution in [-0.2, 0) is 6.42 Å². The van der Waals surface area contributed by atoms with Crippen LogP contribution in [0.1, 0.15) is 49.7 Å². The molecular weight excluding hydrogens is 206 g/mol. The van der Waals surface area contributed by atoms with E-state index in [-0.39, 0.29) is 0 Å². The van der Waals surface area contributed by atoms with Crippen LogP contribution >= 0.6 is 0 Å². The van der Waals surface area contributed by atoms with Crippen LogP contribution in [0.5, 0.6) is 0 Å². The summed E-state index contributed by atoms with van der Waals surface area (Å²) < 4.78 is 0. The number of aryl methyl sites for hydroxylation is 2. The molecule has 2 N–H and O–H groups in total. The molecule has 0 aliphatic rings. The van der Waals surface area contributed by atoms with Crippen molar-refractivity contribution in [3.05, 3.63) is 47.7 Å². The number of unbranched alkanes of at least 4 members (excludes halogenated alkanes) is 4. The van der Waals surface area contributed by atoms with Crippen LogP contribution < -0.4 is 5.73 Å². The van der Waals surface area contributed by atoms with Gasteiger partial charge in [-0.15, -0.1) is 0 Å². The third-order valence-corrected chi connectivity index (χ3v) is 3.08. The van der Waals surface area contributed by atoms with Crippen molar-refractivity contribution in [2.45, 2.75) is 51.9 Å². The van der Waals surface area contributed by atoms with Gasteiger partial charge in [0.15, 0.2) is 0 Å². The molecule has 0 aromatic heterocycles. The summed E-state index contributed by atoms with van der Waals surface area (Å²) in [4.78, 5) is 0. The van der Waals surface area contributed by atoms with Crippen molar-refractivity contribution in [1.29, 1.82) is 0 Å². The van der Waals surface area contributed by atoms with Gasteiger partial charge in [0.1, 0.15) is 0 Å². The Morgan fingerprint density at radius 3 is 2.24 bits per heavy atom. The van der Waals surface area contributed by atoms with Gasteiger partial charge in [-0.25, -0.2) is 0 Å². The minimum atomic E-state index is 0.824. The minimum absolute atomic E-state index is 0.824. The molecule has 0 bridgehead atoms. The maximum Gasteiger partial charge on any atom is 0.000744 e. The average molecular weight is 231 g/mol. The summed E-state index contributed by atoms with van der Waals surface area (Å²) in [6.07, 6.45) is 8.61. The Labute approximate surface area is 106 Å². The van der Waals surface area contributed by atoms with E-state index < -0.39 is 0 Å². The maximum absolute atomic E-state index is 5.53. The highest BCUT2D eigenvalue weighted by Gasteiger charge is 1.94. The molecule has 0 unspecified atom stereocenters. The molecule has 0 radical (unpaired) electrons. The molecule has 17 heavy (non-hydrogen) atoms. The Balaban J connectivity index is 2.01. The van der Waals surface area contributed by atoms with Gasteiger partial charge in [0.2, 0.25) is 0 Å². The van der Waals surface area contributed by atoms with Crippen molar-refractivity contribution < 1.29 is 0 Å². The zero-order valence-electron chi connectivity index (χ0n) is 11.0. The Morgan fingerprint density at radius 1 is 1.00 bits per heavy atom. The Bertz CT molecular complexity index is 324. The molecule has 1 nitrogen and oxygen atoms in total. The number of benzene rings is 1. The molecule has 94 valence electrons. The van der Waals surface area contributed by atoms with Crippen LogP contribution in [0.15, 0.2) is 36.5 Å². The van der Waals surface area contributed by atoms with Gasteiger partial charge in [-0.3, -0.25) is 0 Å². The van der Waals surface area contributed by atoms with Crippen LogP contribution in [0.3, 0.4) is 0 Å². The van der Waals surface area contributed by atoms with Crippen LogP contribution in [0, 0.1) is 6.92 Å². The van der Waals surface area contributed by atoms with E-state index in [1.54, 1.807) is 0 Å². The second kappa shape index (κ2) is 7.94. The average Bonchev–Trinajstić information content (AvgIpc) is 2.30. The van der Waals surface area contributed by atoms with Gasteiger partial charge in [-0.05, 0) is 38.2 Å². The van der Waals surface area contributed by atoms with Crippen molar-refractivity contribution in [3.8, 4) is 0 Å². The van der Waals surface area contributed by atoms with E-state index in [2.05, 4.69) is 37.8 Å². The lowest BCUT2D eigenvalue weighted by Crippen LogP contribution is -1.94. The lowest BCUT2D eigenvalue weighted by Gasteiger charge is -2.03. The normalized spacial score (nSPS) is 10.4. The molecule has 0 spiro atoms. The molecule has 1 heteroatoms. The molecule has 0 amide bonds. The standard InChI is InChI=1S/C16H25N/c1-14-10-12-16(13-11-14)9-7-5-3-4-6-8-15(2)17/h10-13H,2-9,17H2,1H3. The Hall–Kier alpha value is -1.24. The molecule has 0 aliphatic carbocycles. The summed E-state index contributed by atoms with van der Waals surface area (Å²) in [5.41, 5.74) is 9.16. The monoisotopic (exact) mass is 231 g/mol. The molecule has 0 atom stereocenters. The van der Waals surface area contributed by atoms with Gasteiger partial charge in [-0.2, -0.15) is 0 Å². The van der Waals surface area contributed by atoms with Crippen molar-refractivity contribution >= 4 is 0 Å². The molecular formula is C16H25N. The molecule has 1 aromatic rings. The van der Waals surface area contributed by atoms with E-state index in [4.69, 9.17) is 5.73 Å². The smallest absolute Gasteiger partial charge is 0.000744 e. The number of allylic oxidation sites excluding steroid dienone is 1. The first-order valence-electron chi connectivity index (χ1n) is 6.67. The topological polar surface area (TPSA) is 26.0 Å². The zero-order chi connectivity index (χ0) is 12.5. The fraction of sp³-hybridized carbons (Fsp3) is 0.500. The SMILES string of the molecule is C=C(N)CCCCCCCc1ccc(C)cc1. The first-order valence-corrected chi connectivity index (χ1v) is 6.67. The fourth-order valence-corrected chi connectivity index (χ4v) is 1.97. The highest BCUT2D eigenvalue weighted by molar-refractivity contribution is 5.21. The van der Waals surface area contributed by atoms with Crippen LogP contribution in [-0.4, -0.2) is 0 Å². The second-order valence-corrected chi connectivity index (χ2v) is 4.91. The Morgan fingerprint density at radius 2 is 1.59 bits per heavy atom. The zero-order valence-corrected chi connectivity index (χ0v) is 11.0. The summed E-state index contributed by atoms with van der Waals surface area (Å²) in [6, 6.07) is 8.88. The predicted octanol–water partition coefficient (Wildman–Crippen LogP) is 4.35. The quantitative estimate of drug-likeness (QED) is 0.661. The van der Waals surface area contributed by atoms with Gasteiger partial charge in [0, 0.05) is 5.70 Å². The van der Waals surface area contributed by atoms with Crippen LogP contribution in [0.25, 0.3) is 0 Å². The van der Waals surface area contributed by atoms with Gasteiger partial charge in [0.25, 0.3) is 0 Å². The lowest BCUT2D eigenvalue weighted by molar-refractivity contribution is 0.611. The van der Waals surface area contributed by atoms with E-state index in [1.807, 2.05) is 0 Å². The largest absolute Gasteiger partial charge is 0.403 e. The van der Waals surface area contributed by atoms with Crippen LogP contribution in [0.2, 0.25) is 0 Å². The van der Waals surface area contributed by atoms with Crippen molar-refractivity contribution in [2.24, 2.45) is 5.73 Å². The summed E-state index contributed by atoms with van der Waals surface area (Å²) in [5, 5.41) is 0. The minimum Gasteiger partial charge on any atom is -0.403 e. The molecule has 1 rings (SSSR count). The highest BCUT2D eigenvalue weighted by atomic mass is 14.5. The van der Waals surface area contributed by atoms with Gasteiger partial charge in [-0.1, -0.05) is 55.7 Å². The molecule has 1 aromatic carbocycles. The third kappa shape index (κ3) is 6.83. The number of hydrogen-bond donors (Lipinski definition) is 1. The van der Waals surface area contributed by atoms with E-state index in [0.29, 0.717) is 0 Å². The predicted molar refractivity (Wildman–Crippen MR) is 75.9 cm³/mol. The summed E-state index contributed by atoms with van der Waals surface area (Å²) in [5.74, 6) is 0.